The molecule has 1 aliphatic rings. The van der Waals surface area contributed by atoms with Crippen molar-refractivity contribution in [2.24, 2.45) is 0 Å². The second-order valence-corrected chi connectivity index (χ2v) is 7.07. The molecule has 125 valence electrons. The van der Waals surface area contributed by atoms with Crippen LogP contribution in [0.5, 0.6) is 0 Å². The summed E-state index contributed by atoms with van der Waals surface area (Å²) >= 11 is 5.40. The van der Waals surface area contributed by atoms with Gasteiger partial charge in [0, 0.05) is 45.6 Å². The molecule has 0 heterocycles. The third kappa shape index (κ3) is 3.83. The third-order valence-electron chi connectivity index (χ3n) is 4.29. The predicted molar refractivity (Wildman–Crippen MR) is 87.3 cm³/mol. The van der Waals surface area contributed by atoms with Gasteiger partial charge in [0.15, 0.2) is 5.54 Å². The number of ether oxygens (including phenoxy) is 1. The SMILES string of the molecule is COC(=O)c1cc(C#N)cc(C)c1NC(=O)C1([N+](C)(C)[S-])CC1.[Y]. The van der Waals surface area contributed by atoms with Gasteiger partial charge in [-0.25, -0.2) is 4.79 Å². The first kappa shape index (κ1) is 21.1. The van der Waals surface area contributed by atoms with Gasteiger partial charge in [-0.3, -0.25) is 4.79 Å². The van der Waals surface area contributed by atoms with Crippen LogP contribution in [0, 0.1) is 18.3 Å². The number of nitriles is 1. The summed E-state index contributed by atoms with van der Waals surface area (Å²) < 4.78 is 4.87. The number of carbonyl (C=O) groups is 2. The van der Waals surface area contributed by atoms with E-state index in [2.05, 4.69) is 5.32 Å². The molecule has 1 aromatic carbocycles. The maximum Gasteiger partial charge on any atom is 0.340 e. The number of quaternary nitrogens is 1. The van der Waals surface area contributed by atoms with Crippen LogP contribution in [0.2, 0.25) is 0 Å². The number of esters is 1. The van der Waals surface area contributed by atoms with Crippen molar-refractivity contribution in [3.8, 4) is 6.07 Å². The van der Waals surface area contributed by atoms with Crippen LogP contribution in [0.4, 0.5) is 5.69 Å². The van der Waals surface area contributed by atoms with Gasteiger partial charge in [0.2, 0.25) is 0 Å². The Hall–Kier alpha value is -0.936. The number of rotatable bonds is 4. The second-order valence-electron chi connectivity index (χ2n) is 6.16. The smallest absolute Gasteiger partial charge is 0.340 e. The monoisotopic (exact) mass is 422 g/mol. The van der Waals surface area contributed by atoms with Crippen molar-refractivity contribution in [3.63, 3.8) is 0 Å². The van der Waals surface area contributed by atoms with Gasteiger partial charge in [0.1, 0.15) is 0 Å². The van der Waals surface area contributed by atoms with Crippen molar-refractivity contribution in [1.29, 1.82) is 5.26 Å². The number of nitrogens with one attached hydrogen (secondary N) is 1. The summed E-state index contributed by atoms with van der Waals surface area (Å²) in [6, 6.07) is 5.03. The quantitative estimate of drug-likeness (QED) is 0.454. The molecule has 6 nitrogen and oxygen atoms in total. The number of amides is 1. The second kappa shape index (κ2) is 7.53. The molecule has 1 saturated carbocycles. The normalized spacial score (nSPS) is 14.8. The number of carbonyl (C=O) groups excluding carboxylic acids is 2. The summed E-state index contributed by atoms with van der Waals surface area (Å²) in [5.74, 6) is -0.812. The van der Waals surface area contributed by atoms with E-state index in [9.17, 15) is 9.59 Å². The fourth-order valence-corrected chi connectivity index (χ4v) is 2.91. The van der Waals surface area contributed by atoms with Crippen molar-refractivity contribution in [1.82, 2.24) is 0 Å². The summed E-state index contributed by atoms with van der Waals surface area (Å²) in [6.45, 7) is 1.73. The summed E-state index contributed by atoms with van der Waals surface area (Å²) in [5.41, 5.74) is 0.853. The maximum absolute atomic E-state index is 12.7. The molecule has 1 fully saturated rings. The van der Waals surface area contributed by atoms with E-state index in [1.165, 1.54) is 13.2 Å². The van der Waals surface area contributed by atoms with E-state index in [-0.39, 0.29) is 48.1 Å². The van der Waals surface area contributed by atoms with Crippen LogP contribution in [-0.4, -0.2) is 42.5 Å². The van der Waals surface area contributed by atoms with E-state index < -0.39 is 11.5 Å². The first-order chi connectivity index (χ1) is 10.7. The van der Waals surface area contributed by atoms with Gasteiger partial charge in [0.05, 0.1) is 44.1 Å². The fourth-order valence-electron chi connectivity index (χ4n) is 2.65. The predicted octanol–water partition coefficient (Wildman–Crippen LogP) is 1.66. The average molecular weight is 422 g/mol. The number of nitrogens with zero attached hydrogens (tertiary/aromatic N) is 2. The Kier molecular flexibility index (Phi) is 6.62. The minimum Gasteiger partial charge on any atom is -0.494 e. The third-order valence-corrected chi connectivity index (χ3v) is 4.64. The Morgan fingerprint density at radius 2 is 1.96 bits per heavy atom. The van der Waals surface area contributed by atoms with Gasteiger partial charge in [-0.15, -0.1) is 0 Å². The van der Waals surface area contributed by atoms with Crippen LogP contribution in [0.1, 0.15) is 34.3 Å². The number of benzene rings is 1. The largest absolute Gasteiger partial charge is 0.494 e. The van der Waals surface area contributed by atoms with Gasteiger partial charge in [-0.05, 0) is 24.6 Å². The zero-order chi connectivity index (χ0) is 17.4. The van der Waals surface area contributed by atoms with Gasteiger partial charge in [-0.1, -0.05) is 0 Å². The van der Waals surface area contributed by atoms with Gasteiger partial charge in [-0.2, -0.15) is 5.26 Å². The molecule has 1 aliphatic carbocycles. The van der Waals surface area contributed by atoms with Gasteiger partial charge >= 0.3 is 5.97 Å². The Labute approximate surface area is 172 Å². The molecule has 0 aromatic heterocycles. The molecular formula is C16H19N3O3SY. The Morgan fingerprint density at radius 3 is 2.38 bits per heavy atom. The molecule has 0 bridgehead atoms. The Balaban J connectivity index is 0.00000288. The van der Waals surface area contributed by atoms with E-state index in [1.807, 2.05) is 6.07 Å². The molecule has 2 rings (SSSR count). The van der Waals surface area contributed by atoms with Gasteiger partial charge < -0.3 is 26.8 Å². The van der Waals surface area contributed by atoms with Crippen LogP contribution in [0.15, 0.2) is 12.1 Å². The molecule has 1 amide bonds. The molecule has 1 N–H and O–H groups in total. The van der Waals surface area contributed by atoms with Crippen LogP contribution in [0.3, 0.4) is 0 Å². The molecule has 24 heavy (non-hydrogen) atoms. The van der Waals surface area contributed by atoms with Crippen LogP contribution in [-0.2, 0) is 55.1 Å². The first-order valence-corrected chi connectivity index (χ1v) is 7.52. The van der Waals surface area contributed by atoms with Crippen LogP contribution in [0.25, 0.3) is 0 Å². The Bertz CT molecular complexity index is 719. The van der Waals surface area contributed by atoms with Crippen molar-refractivity contribution in [2.45, 2.75) is 25.3 Å². The van der Waals surface area contributed by atoms with Crippen molar-refractivity contribution in [3.05, 3.63) is 28.8 Å². The van der Waals surface area contributed by atoms with Crippen molar-refractivity contribution >= 4 is 30.4 Å². The van der Waals surface area contributed by atoms with Crippen LogP contribution >= 0.6 is 0 Å². The van der Waals surface area contributed by atoms with E-state index in [4.69, 9.17) is 22.8 Å². The van der Waals surface area contributed by atoms with Crippen molar-refractivity contribution < 1.29 is 50.9 Å². The summed E-state index contributed by atoms with van der Waals surface area (Å²) in [7, 11) is 4.86. The number of methoxy groups -OCH3 is 1. The molecular weight excluding hydrogens is 403 g/mol. The van der Waals surface area contributed by atoms with Crippen LogP contribution < -0.4 is 5.32 Å². The molecule has 0 saturated heterocycles. The summed E-state index contributed by atoms with van der Waals surface area (Å²) in [5, 5.41) is 11.9. The standard InChI is InChI=1S/C16H19N3O3S.Y/c1-10-7-11(9-17)8-12(14(20)22-4)13(10)18-15(21)16(5-6-16)19(2,3)23;/h7-8H,5-6H2,1-4H3,(H,18,21);. The zero-order valence-corrected chi connectivity index (χ0v) is 17.8. The molecule has 0 atom stereocenters. The molecule has 0 aliphatic heterocycles. The van der Waals surface area contributed by atoms with Crippen molar-refractivity contribution in [2.75, 3.05) is 26.5 Å². The van der Waals surface area contributed by atoms with E-state index >= 15 is 0 Å². The molecule has 0 spiro atoms. The number of likely N-dealkylation sites (N-methyl/N-ethyl adjacent to an activating group) is 1. The topological polar surface area (TPSA) is 79.2 Å². The first-order valence-electron chi connectivity index (χ1n) is 7.16. The molecule has 1 radical (unpaired) electrons. The van der Waals surface area contributed by atoms with Gasteiger partial charge in [0.25, 0.3) is 5.91 Å². The van der Waals surface area contributed by atoms with E-state index in [1.54, 1.807) is 27.1 Å². The number of hydrogen-bond donors (Lipinski definition) is 1. The number of anilines is 1. The fraction of sp³-hybridized carbons (Fsp3) is 0.438. The molecule has 8 heteroatoms. The minimum absolute atomic E-state index is 0. The number of aryl methyl sites for hydroxylation is 1. The summed E-state index contributed by atoms with van der Waals surface area (Å²) in [4.78, 5) is 24.7. The summed E-state index contributed by atoms with van der Waals surface area (Å²) in [6.07, 6.45) is 1.41. The minimum atomic E-state index is -0.650. The Morgan fingerprint density at radius 1 is 1.38 bits per heavy atom. The molecule has 0 unspecified atom stereocenters. The number of hydrogen-bond acceptors (Lipinski definition) is 5. The molecule has 1 aromatic rings. The average Bonchev–Trinajstić information content (AvgIpc) is 3.29. The zero-order valence-electron chi connectivity index (χ0n) is 14.2. The van der Waals surface area contributed by atoms with E-state index in [0.717, 1.165) is 0 Å². The van der Waals surface area contributed by atoms with E-state index in [0.29, 0.717) is 29.7 Å². The maximum atomic E-state index is 12.7.